The van der Waals surface area contributed by atoms with Gasteiger partial charge in [-0.3, -0.25) is 9.59 Å². The highest BCUT2D eigenvalue weighted by atomic mass is 16.5. The summed E-state index contributed by atoms with van der Waals surface area (Å²) in [7, 11) is 0. The van der Waals surface area contributed by atoms with E-state index in [2.05, 4.69) is 5.32 Å². The molecular formula is C22H22N2O4. The van der Waals surface area contributed by atoms with Gasteiger partial charge in [0.1, 0.15) is 24.7 Å². The van der Waals surface area contributed by atoms with Crippen molar-refractivity contribution in [2.75, 3.05) is 11.4 Å². The predicted octanol–water partition coefficient (Wildman–Crippen LogP) is 3.53. The third-order valence-corrected chi connectivity index (χ3v) is 4.12. The van der Waals surface area contributed by atoms with Gasteiger partial charge < -0.3 is 19.4 Å². The average molecular weight is 378 g/mol. The van der Waals surface area contributed by atoms with Gasteiger partial charge in [-0.05, 0) is 42.0 Å². The van der Waals surface area contributed by atoms with Crippen LogP contribution in [0, 0.1) is 0 Å². The molecule has 0 saturated heterocycles. The predicted molar refractivity (Wildman–Crippen MR) is 106 cm³/mol. The van der Waals surface area contributed by atoms with Gasteiger partial charge in [0, 0.05) is 12.6 Å². The molecule has 6 nitrogen and oxygen atoms in total. The summed E-state index contributed by atoms with van der Waals surface area (Å²) in [5.41, 5.74) is 1.71. The van der Waals surface area contributed by atoms with Gasteiger partial charge in [0.2, 0.25) is 11.8 Å². The average Bonchev–Trinajstić information content (AvgIpc) is 3.24. The Kier molecular flexibility index (Phi) is 6.46. The normalized spacial score (nSPS) is 10.3. The quantitative estimate of drug-likeness (QED) is 0.651. The molecule has 3 aromatic rings. The van der Waals surface area contributed by atoms with Crippen molar-refractivity contribution >= 4 is 17.5 Å². The van der Waals surface area contributed by atoms with Crippen molar-refractivity contribution in [2.24, 2.45) is 0 Å². The largest absolute Gasteiger partial charge is 0.489 e. The topological polar surface area (TPSA) is 71.8 Å². The summed E-state index contributed by atoms with van der Waals surface area (Å²) in [6.45, 7) is 2.11. The SMILES string of the molecule is CC(=O)N(CC(=O)NCc1ccco1)c1ccc(OCc2ccccc2)cc1. The number of furan rings is 1. The Balaban J connectivity index is 1.57. The first kappa shape index (κ1) is 19.2. The minimum Gasteiger partial charge on any atom is -0.489 e. The van der Waals surface area contributed by atoms with Crippen molar-refractivity contribution in [1.82, 2.24) is 5.32 Å². The third-order valence-electron chi connectivity index (χ3n) is 4.12. The highest BCUT2D eigenvalue weighted by Crippen LogP contribution is 2.20. The second kappa shape index (κ2) is 9.41. The number of carbonyl (C=O) groups excluding carboxylic acids is 2. The number of hydrogen-bond acceptors (Lipinski definition) is 4. The molecule has 0 aliphatic heterocycles. The van der Waals surface area contributed by atoms with Crippen molar-refractivity contribution in [3.05, 3.63) is 84.3 Å². The highest BCUT2D eigenvalue weighted by Gasteiger charge is 2.16. The van der Waals surface area contributed by atoms with Crippen LogP contribution in [0.2, 0.25) is 0 Å². The first-order valence-electron chi connectivity index (χ1n) is 8.96. The lowest BCUT2D eigenvalue weighted by atomic mass is 10.2. The standard InChI is InChI=1S/C22H22N2O4/c1-17(25)24(15-22(26)23-14-21-8-5-13-27-21)19-9-11-20(12-10-19)28-16-18-6-3-2-4-7-18/h2-13H,14-16H2,1H3,(H,23,26). The summed E-state index contributed by atoms with van der Waals surface area (Å²) in [5, 5.41) is 2.74. The summed E-state index contributed by atoms with van der Waals surface area (Å²) in [5.74, 6) is 0.864. The minimum absolute atomic E-state index is 0.0692. The van der Waals surface area contributed by atoms with Gasteiger partial charge in [0.15, 0.2) is 0 Å². The van der Waals surface area contributed by atoms with Gasteiger partial charge in [-0.15, -0.1) is 0 Å². The smallest absolute Gasteiger partial charge is 0.240 e. The van der Waals surface area contributed by atoms with Crippen molar-refractivity contribution in [2.45, 2.75) is 20.1 Å². The van der Waals surface area contributed by atoms with Crippen LogP contribution in [0.4, 0.5) is 5.69 Å². The molecule has 0 spiro atoms. The number of carbonyl (C=O) groups is 2. The summed E-state index contributed by atoms with van der Waals surface area (Å²) in [6.07, 6.45) is 1.55. The monoisotopic (exact) mass is 378 g/mol. The van der Waals surface area contributed by atoms with Gasteiger partial charge in [0.25, 0.3) is 0 Å². The fourth-order valence-electron chi connectivity index (χ4n) is 2.65. The molecule has 0 saturated carbocycles. The molecule has 0 bridgehead atoms. The van der Waals surface area contributed by atoms with Crippen molar-refractivity contribution in [3.8, 4) is 5.75 Å². The van der Waals surface area contributed by atoms with Gasteiger partial charge in [-0.1, -0.05) is 30.3 Å². The lowest BCUT2D eigenvalue weighted by molar-refractivity contribution is -0.123. The first-order valence-corrected chi connectivity index (χ1v) is 8.96. The molecular weight excluding hydrogens is 356 g/mol. The van der Waals surface area contributed by atoms with E-state index in [-0.39, 0.29) is 24.9 Å². The number of hydrogen-bond donors (Lipinski definition) is 1. The molecule has 1 heterocycles. The Morgan fingerprint density at radius 2 is 1.75 bits per heavy atom. The lowest BCUT2D eigenvalue weighted by Crippen LogP contribution is -2.39. The molecule has 0 atom stereocenters. The van der Waals surface area contributed by atoms with Crippen LogP contribution in [0.3, 0.4) is 0 Å². The van der Waals surface area contributed by atoms with Gasteiger partial charge in [-0.25, -0.2) is 0 Å². The summed E-state index contributed by atoms with van der Waals surface area (Å²) >= 11 is 0. The second-order valence-corrected chi connectivity index (χ2v) is 6.23. The Morgan fingerprint density at radius 3 is 2.39 bits per heavy atom. The molecule has 2 amide bonds. The second-order valence-electron chi connectivity index (χ2n) is 6.23. The Morgan fingerprint density at radius 1 is 1.00 bits per heavy atom. The summed E-state index contributed by atoms with van der Waals surface area (Å²) in [6, 6.07) is 20.5. The molecule has 0 radical (unpaired) electrons. The molecule has 1 N–H and O–H groups in total. The van der Waals surface area contributed by atoms with Crippen LogP contribution in [0.15, 0.2) is 77.4 Å². The van der Waals surface area contributed by atoms with Crippen LogP contribution in [0.1, 0.15) is 18.2 Å². The van der Waals surface area contributed by atoms with Crippen LogP contribution in [-0.2, 0) is 22.7 Å². The molecule has 144 valence electrons. The fourth-order valence-corrected chi connectivity index (χ4v) is 2.65. The number of amides is 2. The number of ether oxygens (including phenoxy) is 1. The zero-order valence-corrected chi connectivity index (χ0v) is 15.6. The number of nitrogens with one attached hydrogen (secondary N) is 1. The molecule has 1 aromatic heterocycles. The molecule has 0 aliphatic carbocycles. The van der Waals surface area contributed by atoms with E-state index in [4.69, 9.17) is 9.15 Å². The molecule has 0 unspecified atom stereocenters. The van der Waals surface area contributed by atoms with Gasteiger partial charge in [0.05, 0.1) is 12.8 Å². The van der Waals surface area contributed by atoms with Crippen LogP contribution >= 0.6 is 0 Å². The van der Waals surface area contributed by atoms with Crippen molar-refractivity contribution in [3.63, 3.8) is 0 Å². The van der Waals surface area contributed by atoms with Crippen molar-refractivity contribution in [1.29, 1.82) is 0 Å². The highest BCUT2D eigenvalue weighted by molar-refractivity contribution is 5.97. The van der Waals surface area contributed by atoms with E-state index in [1.807, 2.05) is 30.3 Å². The molecule has 6 heteroatoms. The fraction of sp³-hybridized carbons (Fsp3) is 0.182. The van der Waals surface area contributed by atoms with E-state index in [0.717, 1.165) is 5.56 Å². The van der Waals surface area contributed by atoms with Crippen LogP contribution < -0.4 is 15.0 Å². The van der Waals surface area contributed by atoms with Crippen LogP contribution in [-0.4, -0.2) is 18.4 Å². The molecule has 28 heavy (non-hydrogen) atoms. The minimum atomic E-state index is -0.268. The summed E-state index contributed by atoms with van der Waals surface area (Å²) in [4.78, 5) is 25.6. The Hall–Kier alpha value is -3.54. The van der Waals surface area contributed by atoms with E-state index < -0.39 is 0 Å². The van der Waals surface area contributed by atoms with E-state index in [1.165, 1.54) is 11.8 Å². The van der Waals surface area contributed by atoms with E-state index in [0.29, 0.717) is 23.8 Å². The van der Waals surface area contributed by atoms with Crippen molar-refractivity contribution < 1.29 is 18.7 Å². The maximum Gasteiger partial charge on any atom is 0.240 e. The number of anilines is 1. The molecule has 2 aromatic carbocycles. The zero-order chi connectivity index (χ0) is 19.8. The number of benzene rings is 2. The zero-order valence-electron chi connectivity index (χ0n) is 15.6. The number of rotatable bonds is 8. The van der Waals surface area contributed by atoms with Crippen LogP contribution in [0.5, 0.6) is 5.75 Å². The first-order chi connectivity index (χ1) is 13.6. The van der Waals surface area contributed by atoms with Crippen LogP contribution in [0.25, 0.3) is 0 Å². The van der Waals surface area contributed by atoms with Gasteiger partial charge in [-0.2, -0.15) is 0 Å². The molecule has 0 fully saturated rings. The van der Waals surface area contributed by atoms with E-state index >= 15 is 0 Å². The molecule has 3 rings (SSSR count). The Labute approximate surface area is 163 Å². The van der Waals surface area contributed by atoms with E-state index in [9.17, 15) is 9.59 Å². The lowest BCUT2D eigenvalue weighted by Gasteiger charge is -2.21. The van der Waals surface area contributed by atoms with E-state index in [1.54, 1.807) is 42.7 Å². The van der Waals surface area contributed by atoms with Gasteiger partial charge >= 0.3 is 0 Å². The maximum absolute atomic E-state index is 12.2. The Bertz CT molecular complexity index is 890. The number of nitrogens with zero attached hydrogens (tertiary/aromatic N) is 1. The summed E-state index contributed by atoms with van der Waals surface area (Å²) < 4.78 is 10.9. The maximum atomic E-state index is 12.2. The third kappa shape index (κ3) is 5.48. The molecule has 0 aliphatic rings.